The van der Waals surface area contributed by atoms with Crippen molar-refractivity contribution in [3.05, 3.63) is 70.6 Å². The first-order valence-electron chi connectivity index (χ1n) is 8.48. The van der Waals surface area contributed by atoms with Gasteiger partial charge in [0.05, 0.1) is 16.8 Å². The van der Waals surface area contributed by atoms with Crippen LogP contribution in [-0.4, -0.2) is 38.5 Å². The standard InChI is InChI=1S/C19H14ClF3N4O/c20-15-10-24-17-9-16(25-27(17)11-15)18(28)26-6-4-12(5-7-26)13-2-1-3-14(8-13)19(21,22)23/h1-4,8-11H,5-7H2. The molecule has 0 N–H and O–H groups in total. The van der Waals surface area contributed by atoms with Crippen LogP contribution in [-0.2, 0) is 6.18 Å². The van der Waals surface area contributed by atoms with Gasteiger partial charge in [0.2, 0.25) is 0 Å². The van der Waals surface area contributed by atoms with Crippen LogP contribution in [0, 0.1) is 0 Å². The maximum absolute atomic E-state index is 12.9. The van der Waals surface area contributed by atoms with Gasteiger partial charge in [0.1, 0.15) is 0 Å². The fourth-order valence-electron chi connectivity index (χ4n) is 3.13. The second-order valence-corrected chi connectivity index (χ2v) is 6.85. The molecule has 1 aliphatic heterocycles. The normalized spacial score (nSPS) is 15.0. The van der Waals surface area contributed by atoms with Crippen molar-refractivity contribution in [2.75, 3.05) is 13.1 Å². The molecule has 0 atom stereocenters. The molecule has 1 aliphatic rings. The fourth-order valence-corrected chi connectivity index (χ4v) is 3.27. The van der Waals surface area contributed by atoms with Gasteiger partial charge in [-0.05, 0) is 29.7 Å². The molecule has 0 radical (unpaired) electrons. The number of carbonyl (C=O) groups is 1. The van der Waals surface area contributed by atoms with E-state index in [9.17, 15) is 18.0 Å². The Labute approximate surface area is 163 Å². The van der Waals surface area contributed by atoms with Crippen LogP contribution < -0.4 is 0 Å². The number of alkyl halides is 3. The zero-order valence-electron chi connectivity index (χ0n) is 14.4. The molecular weight excluding hydrogens is 393 g/mol. The first-order chi connectivity index (χ1) is 13.3. The lowest BCUT2D eigenvalue weighted by atomic mass is 9.97. The summed E-state index contributed by atoms with van der Waals surface area (Å²) in [5.41, 5.74) is 1.38. The minimum Gasteiger partial charge on any atom is -0.333 e. The molecule has 0 bridgehead atoms. The molecule has 1 amide bonds. The third kappa shape index (κ3) is 3.60. The van der Waals surface area contributed by atoms with E-state index in [2.05, 4.69) is 10.1 Å². The highest BCUT2D eigenvalue weighted by molar-refractivity contribution is 6.30. The average Bonchev–Trinajstić information content (AvgIpc) is 3.10. The molecule has 1 aromatic carbocycles. The van der Waals surface area contributed by atoms with Crippen molar-refractivity contribution in [1.82, 2.24) is 19.5 Å². The van der Waals surface area contributed by atoms with Gasteiger partial charge in [0.15, 0.2) is 11.3 Å². The number of nitrogens with zero attached hydrogens (tertiary/aromatic N) is 4. The maximum atomic E-state index is 12.9. The minimum absolute atomic E-state index is 0.241. The number of rotatable bonds is 2. The largest absolute Gasteiger partial charge is 0.416 e. The quantitative estimate of drug-likeness (QED) is 0.636. The molecule has 0 saturated heterocycles. The minimum atomic E-state index is -4.38. The van der Waals surface area contributed by atoms with E-state index in [1.165, 1.54) is 16.8 Å². The molecule has 3 aromatic rings. The average molecular weight is 407 g/mol. The summed E-state index contributed by atoms with van der Waals surface area (Å²) in [5.74, 6) is -0.263. The van der Waals surface area contributed by atoms with Gasteiger partial charge in [-0.25, -0.2) is 9.50 Å². The topological polar surface area (TPSA) is 50.5 Å². The third-order valence-electron chi connectivity index (χ3n) is 4.56. The predicted molar refractivity (Wildman–Crippen MR) is 97.9 cm³/mol. The summed E-state index contributed by atoms with van der Waals surface area (Å²) in [6, 6.07) is 6.80. The molecule has 28 heavy (non-hydrogen) atoms. The van der Waals surface area contributed by atoms with Gasteiger partial charge in [0, 0.05) is 25.4 Å². The molecule has 0 saturated carbocycles. The summed E-state index contributed by atoms with van der Waals surface area (Å²) in [6.45, 7) is 0.690. The maximum Gasteiger partial charge on any atom is 0.416 e. The molecule has 0 spiro atoms. The number of hydrogen-bond acceptors (Lipinski definition) is 3. The van der Waals surface area contributed by atoms with Crippen LogP contribution in [0.25, 0.3) is 11.2 Å². The lowest BCUT2D eigenvalue weighted by molar-refractivity contribution is -0.137. The van der Waals surface area contributed by atoms with Crippen molar-refractivity contribution >= 4 is 28.7 Å². The first-order valence-corrected chi connectivity index (χ1v) is 8.86. The van der Waals surface area contributed by atoms with E-state index in [1.54, 1.807) is 29.3 Å². The number of halogens is 4. The number of amides is 1. The molecular formula is C19H14ClF3N4O. The van der Waals surface area contributed by atoms with Crippen molar-refractivity contribution in [3.8, 4) is 0 Å². The van der Waals surface area contributed by atoms with Gasteiger partial charge in [-0.2, -0.15) is 18.3 Å². The van der Waals surface area contributed by atoms with Crippen LogP contribution in [0.2, 0.25) is 5.02 Å². The number of aromatic nitrogens is 3. The van der Waals surface area contributed by atoms with Gasteiger partial charge in [-0.1, -0.05) is 29.8 Å². The Bertz CT molecular complexity index is 1090. The van der Waals surface area contributed by atoms with Crippen LogP contribution in [0.3, 0.4) is 0 Å². The van der Waals surface area contributed by atoms with Crippen molar-refractivity contribution < 1.29 is 18.0 Å². The van der Waals surface area contributed by atoms with Crippen LogP contribution in [0.1, 0.15) is 28.0 Å². The van der Waals surface area contributed by atoms with E-state index in [-0.39, 0.29) is 11.6 Å². The van der Waals surface area contributed by atoms with Crippen LogP contribution in [0.5, 0.6) is 0 Å². The van der Waals surface area contributed by atoms with Gasteiger partial charge in [-0.15, -0.1) is 0 Å². The molecule has 0 unspecified atom stereocenters. The highest BCUT2D eigenvalue weighted by Gasteiger charge is 2.31. The van der Waals surface area contributed by atoms with Crippen molar-refractivity contribution in [1.29, 1.82) is 0 Å². The fraction of sp³-hybridized carbons (Fsp3) is 0.211. The molecule has 4 rings (SSSR count). The summed E-state index contributed by atoms with van der Waals surface area (Å²) in [6.07, 6.45) is 0.889. The smallest absolute Gasteiger partial charge is 0.333 e. The number of carbonyl (C=O) groups excluding carboxylic acids is 1. The summed E-state index contributed by atoms with van der Waals surface area (Å²) >= 11 is 5.87. The van der Waals surface area contributed by atoms with Crippen molar-refractivity contribution in [2.24, 2.45) is 0 Å². The third-order valence-corrected chi connectivity index (χ3v) is 4.75. The zero-order valence-corrected chi connectivity index (χ0v) is 15.2. The lowest BCUT2D eigenvalue weighted by Crippen LogP contribution is -2.35. The molecule has 9 heteroatoms. The molecule has 5 nitrogen and oxygen atoms in total. The van der Waals surface area contributed by atoms with E-state index in [0.29, 0.717) is 35.7 Å². The predicted octanol–water partition coefficient (Wildman–Crippen LogP) is 4.33. The second-order valence-electron chi connectivity index (χ2n) is 6.41. The van der Waals surface area contributed by atoms with Gasteiger partial charge in [-0.3, -0.25) is 4.79 Å². The van der Waals surface area contributed by atoms with E-state index < -0.39 is 11.7 Å². The monoisotopic (exact) mass is 406 g/mol. The molecule has 0 fully saturated rings. The van der Waals surface area contributed by atoms with Crippen LogP contribution in [0.15, 0.2) is 48.8 Å². The number of benzene rings is 1. The summed E-state index contributed by atoms with van der Waals surface area (Å²) in [7, 11) is 0. The van der Waals surface area contributed by atoms with E-state index in [0.717, 1.165) is 17.7 Å². The van der Waals surface area contributed by atoms with Crippen LogP contribution >= 0.6 is 11.6 Å². The Morgan fingerprint density at radius 3 is 2.75 bits per heavy atom. The van der Waals surface area contributed by atoms with Crippen molar-refractivity contribution in [3.63, 3.8) is 0 Å². The lowest BCUT2D eigenvalue weighted by Gasteiger charge is -2.26. The van der Waals surface area contributed by atoms with Gasteiger partial charge >= 0.3 is 6.18 Å². The van der Waals surface area contributed by atoms with Gasteiger partial charge < -0.3 is 4.90 Å². The number of fused-ring (bicyclic) bond motifs is 1. The number of hydrogen-bond donors (Lipinski definition) is 0. The summed E-state index contributed by atoms with van der Waals surface area (Å²) < 4.78 is 40.2. The Kier molecular flexibility index (Phi) is 4.58. The Balaban J connectivity index is 1.52. The second kappa shape index (κ2) is 6.94. The summed E-state index contributed by atoms with van der Waals surface area (Å²) in [4.78, 5) is 18.4. The Morgan fingerprint density at radius 1 is 1.21 bits per heavy atom. The van der Waals surface area contributed by atoms with E-state index in [4.69, 9.17) is 11.6 Å². The summed E-state index contributed by atoms with van der Waals surface area (Å²) in [5, 5.41) is 4.60. The molecule has 144 valence electrons. The Hall–Kier alpha value is -2.87. The van der Waals surface area contributed by atoms with E-state index in [1.807, 2.05) is 0 Å². The molecule has 0 aliphatic carbocycles. The highest BCUT2D eigenvalue weighted by Crippen LogP contribution is 2.32. The highest BCUT2D eigenvalue weighted by atomic mass is 35.5. The van der Waals surface area contributed by atoms with Crippen LogP contribution in [0.4, 0.5) is 13.2 Å². The molecule has 3 heterocycles. The first kappa shape index (κ1) is 18.5. The van der Waals surface area contributed by atoms with Gasteiger partial charge in [0.25, 0.3) is 5.91 Å². The Morgan fingerprint density at radius 2 is 2.04 bits per heavy atom. The van der Waals surface area contributed by atoms with E-state index >= 15 is 0 Å². The SMILES string of the molecule is O=C(c1cc2ncc(Cl)cn2n1)N1CC=C(c2cccc(C(F)(F)F)c2)CC1. The van der Waals surface area contributed by atoms with Crippen molar-refractivity contribution in [2.45, 2.75) is 12.6 Å². The zero-order chi connectivity index (χ0) is 19.9. The molecule has 2 aromatic heterocycles.